The molecular formula is C13H12F3NO2. The summed E-state index contributed by atoms with van der Waals surface area (Å²) < 4.78 is 37.2. The van der Waals surface area contributed by atoms with Crippen molar-refractivity contribution in [2.75, 3.05) is 0 Å². The fraction of sp³-hybridized carbons (Fsp3) is 0.231. The van der Waals surface area contributed by atoms with Crippen LogP contribution in [0.25, 0.3) is 5.70 Å². The zero-order valence-electron chi connectivity index (χ0n) is 10.4. The maximum Gasteiger partial charge on any atom is 0.416 e. The van der Waals surface area contributed by atoms with Gasteiger partial charge in [-0.3, -0.25) is 14.5 Å². The highest BCUT2D eigenvalue weighted by Crippen LogP contribution is 2.30. The highest BCUT2D eigenvalue weighted by molar-refractivity contribution is 6.01. The number of benzene rings is 1. The number of halogens is 3. The largest absolute Gasteiger partial charge is 0.416 e. The Morgan fingerprint density at radius 2 is 1.47 bits per heavy atom. The topological polar surface area (TPSA) is 37.4 Å². The second-order valence-electron chi connectivity index (χ2n) is 3.90. The molecule has 1 aromatic rings. The summed E-state index contributed by atoms with van der Waals surface area (Å²) in [6.07, 6.45) is -4.43. The van der Waals surface area contributed by atoms with Crippen LogP contribution in [0.2, 0.25) is 0 Å². The third kappa shape index (κ3) is 3.43. The molecule has 0 spiro atoms. The van der Waals surface area contributed by atoms with Gasteiger partial charge in [-0.05, 0) is 17.7 Å². The van der Waals surface area contributed by atoms with Crippen LogP contribution in [0.3, 0.4) is 0 Å². The molecule has 3 nitrogen and oxygen atoms in total. The summed E-state index contributed by atoms with van der Waals surface area (Å²) in [5.74, 6) is -1.09. The van der Waals surface area contributed by atoms with E-state index in [0.717, 1.165) is 17.0 Å². The van der Waals surface area contributed by atoms with E-state index in [1.54, 1.807) is 0 Å². The molecule has 0 aromatic heterocycles. The van der Waals surface area contributed by atoms with Gasteiger partial charge in [0.25, 0.3) is 0 Å². The summed E-state index contributed by atoms with van der Waals surface area (Å²) in [5, 5.41) is 0. The van der Waals surface area contributed by atoms with Crippen molar-refractivity contribution >= 4 is 17.5 Å². The molecule has 19 heavy (non-hydrogen) atoms. The summed E-state index contributed by atoms with van der Waals surface area (Å²) >= 11 is 0. The number of imide groups is 1. The molecule has 2 amide bonds. The third-order valence-corrected chi connectivity index (χ3v) is 2.45. The number of amides is 2. The van der Waals surface area contributed by atoms with Gasteiger partial charge in [0.05, 0.1) is 11.3 Å². The average Bonchev–Trinajstić information content (AvgIpc) is 2.27. The van der Waals surface area contributed by atoms with Crippen LogP contribution in [-0.4, -0.2) is 16.7 Å². The molecule has 0 fully saturated rings. The minimum atomic E-state index is -4.43. The quantitative estimate of drug-likeness (QED) is 0.829. The Hall–Kier alpha value is -2.11. The Morgan fingerprint density at radius 1 is 1.05 bits per heavy atom. The van der Waals surface area contributed by atoms with Gasteiger partial charge < -0.3 is 0 Å². The lowest BCUT2D eigenvalue weighted by atomic mass is 10.1. The van der Waals surface area contributed by atoms with Gasteiger partial charge in [0.15, 0.2) is 0 Å². The van der Waals surface area contributed by atoms with Gasteiger partial charge in [0.1, 0.15) is 0 Å². The van der Waals surface area contributed by atoms with E-state index >= 15 is 0 Å². The first-order valence-corrected chi connectivity index (χ1v) is 5.32. The fourth-order valence-corrected chi connectivity index (χ4v) is 1.58. The van der Waals surface area contributed by atoms with E-state index in [-0.39, 0.29) is 11.3 Å². The number of nitrogens with zero attached hydrogens (tertiary/aromatic N) is 1. The first-order valence-electron chi connectivity index (χ1n) is 5.32. The first-order chi connectivity index (χ1) is 8.64. The molecule has 0 atom stereocenters. The molecule has 0 N–H and O–H groups in total. The molecule has 0 saturated carbocycles. The van der Waals surface area contributed by atoms with Gasteiger partial charge in [-0.1, -0.05) is 18.7 Å². The summed E-state index contributed by atoms with van der Waals surface area (Å²) in [7, 11) is 0. The standard InChI is InChI=1S/C13H12F3NO2/c1-8(17(9(2)18)10(3)19)11-4-6-12(7-5-11)13(14,15)16/h4-7H,1H2,2-3H3. The summed E-state index contributed by atoms with van der Waals surface area (Å²) in [6.45, 7) is 5.92. The van der Waals surface area contributed by atoms with Gasteiger partial charge >= 0.3 is 6.18 Å². The Bertz CT molecular complexity index is 504. The second-order valence-corrected chi connectivity index (χ2v) is 3.90. The van der Waals surface area contributed by atoms with Gasteiger partial charge in [-0.15, -0.1) is 0 Å². The maximum absolute atomic E-state index is 12.4. The van der Waals surface area contributed by atoms with Crippen LogP contribution in [-0.2, 0) is 15.8 Å². The Labute approximate surface area is 108 Å². The number of alkyl halides is 3. The van der Waals surface area contributed by atoms with Crippen molar-refractivity contribution in [2.24, 2.45) is 0 Å². The molecule has 1 rings (SSSR count). The fourth-order valence-electron chi connectivity index (χ4n) is 1.58. The van der Waals surface area contributed by atoms with Gasteiger partial charge in [-0.25, -0.2) is 0 Å². The summed E-state index contributed by atoms with van der Waals surface area (Å²) in [4.78, 5) is 23.4. The van der Waals surface area contributed by atoms with E-state index in [1.165, 1.54) is 26.0 Å². The van der Waals surface area contributed by atoms with Crippen LogP contribution < -0.4 is 0 Å². The van der Waals surface area contributed by atoms with Crippen molar-refractivity contribution in [1.82, 2.24) is 4.90 Å². The molecular weight excluding hydrogens is 259 g/mol. The van der Waals surface area contributed by atoms with Crippen LogP contribution in [0, 0.1) is 0 Å². The predicted molar refractivity (Wildman–Crippen MR) is 63.7 cm³/mol. The van der Waals surface area contributed by atoms with Crippen LogP contribution in [0.5, 0.6) is 0 Å². The van der Waals surface area contributed by atoms with Gasteiger partial charge in [0.2, 0.25) is 11.8 Å². The second kappa shape index (κ2) is 5.26. The van der Waals surface area contributed by atoms with Crippen molar-refractivity contribution in [3.63, 3.8) is 0 Å². The van der Waals surface area contributed by atoms with Gasteiger partial charge in [-0.2, -0.15) is 13.2 Å². The van der Waals surface area contributed by atoms with Gasteiger partial charge in [0, 0.05) is 13.8 Å². The van der Waals surface area contributed by atoms with E-state index in [0.29, 0.717) is 0 Å². The van der Waals surface area contributed by atoms with Crippen molar-refractivity contribution < 1.29 is 22.8 Å². The number of hydrogen-bond acceptors (Lipinski definition) is 2. The minimum absolute atomic E-state index is 0.0497. The van der Waals surface area contributed by atoms with Crippen molar-refractivity contribution in [1.29, 1.82) is 0 Å². The zero-order chi connectivity index (χ0) is 14.8. The molecule has 0 heterocycles. The third-order valence-electron chi connectivity index (χ3n) is 2.45. The zero-order valence-corrected chi connectivity index (χ0v) is 10.4. The lowest BCUT2D eigenvalue weighted by Crippen LogP contribution is -2.31. The molecule has 6 heteroatoms. The Morgan fingerprint density at radius 3 is 1.79 bits per heavy atom. The number of hydrogen-bond donors (Lipinski definition) is 0. The molecule has 102 valence electrons. The smallest absolute Gasteiger partial charge is 0.274 e. The highest BCUT2D eigenvalue weighted by atomic mass is 19.4. The molecule has 1 aromatic carbocycles. The number of carbonyl (C=O) groups excluding carboxylic acids is 2. The van der Waals surface area contributed by atoms with E-state index < -0.39 is 23.6 Å². The summed E-state index contributed by atoms with van der Waals surface area (Å²) in [5.41, 5.74) is -0.478. The monoisotopic (exact) mass is 271 g/mol. The van der Waals surface area contributed by atoms with Crippen LogP contribution in [0.15, 0.2) is 30.8 Å². The van der Waals surface area contributed by atoms with E-state index in [9.17, 15) is 22.8 Å². The highest BCUT2D eigenvalue weighted by Gasteiger charge is 2.30. The van der Waals surface area contributed by atoms with Crippen LogP contribution >= 0.6 is 0 Å². The molecule has 0 bridgehead atoms. The minimum Gasteiger partial charge on any atom is -0.274 e. The molecule has 0 radical (unpaired) electrons. The van der Waals surface area contributed by atoms with E-state index in [4.69, 9.17) is 0 Å². The number of rotatable bonds is 2. The Balaban J connectivity index is 3.07. The van der Waals surface area contributed by atoms with Crippen molar-refractivity contribution in [2.45, 2.75) is 20.0 Å². The van der Waals surface area contributed by atoms with Crippen molar-refractivity contribution in [3.05, 3.63) is 42.0 Å². The summed E-state index contributed by atoms with van der Waals surface area (Å²) in [6, 6.07) is 4.09. The SMILES string of the molecule is C=C(c1ccc(C(F)(F)F)cc1)N(C(C)=O)C(C)=O. The maximum atomic E-state index is 12.4. The van der Waals surface area contributed by atoms with Crippen LogP contribution in [0.4, 0.5) is 13.2 Å². The lowest BCUT2D eigenvalue weighted by Gasteiger charge is -2.20. The normalized spacial score (nSPS) is 11.0. The number of carbonyl (C=O) groups is 2. The Kier molecular flexibility index (Phi) is 4.14. The first kappa shape index (κ1) is 14.9. The van der Waals surface area contributed by atoms with E-state index in [2.05, 4.69) is 6.58 Å². The predicted octanol–water partition coefficient (Wildman–Crippen LogP) is 3.07. The molecule has 0 unspecified atom stereocenters. The lowest BCUT2D eigenvalue weighted by molar-refractivity contribution is -0.139. The molecule has 0 saturated heterocycles. The van der Waals surface area contributed by atoms with Crippen LogP contribution in [0.1, 0.15) is 25.0 Å². The molecule has 0 aliphatic heterocycles. The molecule has 0 aliphatic carbocycles. The molecule has 0 aliphatic rings. The average molecular weight is 271 g/mol. The van der Waals surface area contributed by atoms with Crippen molar-refractivity contribution in [3.8, 4) is 0 Å². The van der Waals surface area contributed by atoms with E-state index in [1.807, 2.05) is 0 Å².